The van der Waals surface area contributed by atoms with Crippen LogP contribution in [0.1, 0.15) is 21.4 Å². The molecule has 0 saturated carbocycles. The molecular weight excluding hydrogens is 200 g/mol. The third-order valence-electron chi connectivity index (χ3n) is 1.99. The summed E-state index contributed by atoms with van der Waals surface area (Å²) in [4.78, 5) is 6.44. The molecule has 0 aliphatic carbocycles. The Morgan fingerprint density at radius 3 is 2.85 bits per heavy atom. The molecule has 2 N–H and O–H groups in total. The summed E-state index contributed by atoms with van der Waals surface area (Å²) in [6, 6.07) is 2.09. The lowest BCUT2D eigenvalue weighted by molar-refractivity contribution is 0.887. The van der Waals surface area contributed by atoms with E-state index >= 15 is 0 Å². The van der Waals surface area contributed by atoms with Gasteiger partial charge in [-0.15, -0.1) is 22.7 Å². The van der Waals surface area contributed by atoms with Crippen molar-refractivity contribution in [2.24, 2.45) is 5.73 Å². The summed E-state index contributed by atoms with van der Waals surface area (Å²) in [6.45, 7) is 2.10. The Morgan fingerprint density at radius 1 is 1.46 bits per heavy atom. The average Bonchev–Trinajstić information content (AvgIpc) is 2.72. The topological polar surface area (TPSA) is 38.9 Å². The minimum Gasteiger partial charge on any atom is -0.320 e. The van der Waals surface area contributed by atoms with Gasteiger partial charge in [-0.1, -0.05) is 0 Å². The molecule has 0 amide bonds. The van der Waals surface area contributed by atoms with E-state index in [-0.39, 0.29) is 6.04 Å². The number of thiazole rings is 1. The van der Waals surface area contributed by atoms with Crippen LogP contribution in [-0.2, 0) is 0 Å². The Hall–Kier alpha value is -0.710. The smallest absolute Gasteiger partial charge is 0.0794 e. The van der Waals surface area contributed by atoms with Crippen molar-refractivity contribution >= 4 is 22.7 Å². The highest BCUT2D eigenvalue weighted by molar-refractivity contribution is 7.10. The van der Waals surface area contributed by atoms with Crippen LogP contribution >= 0.6 is 22.7 Å². The second kappa shape index (κ2) is 3.57. The largest absolute Gasteiger partial charge is 0.320 e. The SMILES string of the molecule is Cc1sccc1C(N)c1cncs1. The molecular formula is C9H10N2S2. The molecule has 0 bridgehead atoms. The molecule has 68 valence electrons. The first-order valence-corrected chi connectivity index (χ1v) is 5.73. The Morgan fingerprint density at radius 2 is 2.31 bits per heavy atom. The van der Waals surface area contributed by atoms with Gasteiger partial charge in [0.1, 0.15) is 0 Å². The monoisotopic (exact) mass is 210 g/mol. The number of aromatic nitrogens is 1. The lowest BCUT2D eigenvalue weighted by Gasteiger charge is -2.07. The fraction of sp³-hybridized carbons (Fsp3) is 0.222. The zero-order chi connectivity index (χ0) is 9.26. The Kier molecular flexibility index (Phi) is 2.44. The third-order valence-corrected chi connectivity index (χ3v) is 3.71. The maximum absolute atomic E-state index is 6.08. The van der Waals surface area contributed by atoms with Crippen molar-refractivity contribution in [2.75, 3.05) is 0 Å². The van der Waals surface area contributed by atoms with Gasteiger partial charge in [0.25, 0.3) is 0 Å². The molecule has 1 atom stereocenters. The lowest BCUT2D eigenvalue weighted by Crippen LogP contribution is -2.10. The summed E-state index contributed by atoms with van der Waals surface area (Å²) < 4.78 is 0. The summed E-state index contributed by atoms with van der Waals surface area (Å²) >= 11 is 3.34. The molecule has 2 rings (SSSR count). The molecule has 2 aromatic rings. The minimum absolute atomic E-state index is 0.00116. The molecule has 0 fully saturated rings. The van der Waals surface area contributed by atoms with Gasteiger partial charge in [0.2, 0.25) is 0 Å². The first-order chi connectivity index (χ1) is 6.29. The van der Waals surface area contributed by atoms with Crippen molar-refractivity contribution in [2.45, 2.75) is 13.0 Å². The zero-order valence-corrected chi connectivity index (χ0v) is 8.86. The lowest BCUT2D eigenvalue weighted by atomic mass is 10.1. The van der Waals surface area contributed by atoms with Gasteiger partial charge in [-0.25, -0.2) is 0 Å². The molecule has 0 radical (unpaired) electrons. The second-order valence-corrected chi connectivity index (χ2v) is 4.85. The molecule has 0 spiro atoms. The van der Waals surface area contributed by atoms with Crippen LogP contribution in [0.4, 0.5) is 0 Å². The molecule has 0 aliphatic rings. The molecule has 0 aliphatic heterocycles. The van der Waals surface area contributed by atoms with E-state index in [9.17, 15) is 0 Å². The van der Waals surface area contributed by atoms with Gasteiger partial charge in [0.05, 0.1) is 11.6 Å². The molecule has 0 saturated heterocycles. The first-order valence-electron chi connectivity index (χ1n) is 3.97. The number of nitrogens with two attached hydrogens (primary N) is 1. The zero-order valence-electron chi connectivity index (χ0n) is 7.23. The fourth-order valence-corrected chi connectivity index (χ4v) is 2.64. The van der Waals surface area contributed by atoms with Crippen molar-refractivity contribution in [3.63, 3.8) is 0 Å². The standard InChI is InChI=1S/C9H10N2S2/c1-6-7(2-3-12-6)9(10)8-4-11-5-13-8/h2-5,9H,10H2,1H3. The van der Waals surface area contributed by atoms with Crippen molar-refractivity contribution < 1.29 is 0 Å². The van der Waals surface area contributed by atoms with Gasteiger partial charge < -0.3 is 5.73 Å². The second-order valence-electron chi connectivity index (χ2n) is 2.81. The molecule has 4 heteroatoms. The van der Waals surface area contributed by atoms with Gasteiger partial charge in [0, 0.05) is 16.0 Å². The van der Waals surface area contributed by atoms with Crippen LogP contribution in [0.2, 0.25) is 0 Å². The highest BCUT2D eigenvalue weighted by atomic mass is 32.1. The predicted molar refractivity (Wildman–Crippen MR) is 57.2 cm³/mol. The third kappa shape index (κ3) is 1.65. The number of aryl methyl sites for hydroxylation is 1. The van der Waals surface area contributed by atoms with E-state index in [4.69, 9.17) is 5.73 Å². The summed E-state index contributed by atoms with van der Waals surface area (Å²) in [7, 11) is 0. The van der Waals surface area contributed by atoms with Crippen LogP contribution in [-0.4, -0.2) is 4.98 Å². The molecule has 2 aromatic heterocycles. The van der Waals surface area contributed by atoms with Crippen molar-refractivity contribution in [1.29, 1.82) is 0 Å². The van der Waals surface area contributed by atoms with E-state index < -0.39 is 0 Å². The van der Waals surface area contributed by atoms with Crippen LogP contribution in [0.3, 0.4) is 0 Å². The van der Waals surface area contributed by atoms with Crippen LogP contribution in [0.5, 0.6) is 0 Å². The first kappa shape index (κ1) is 8.87. The molecule has 2 nitrogen and oxygen atoms in total. The molecule has 0 aromatic carbocycles. The maximum Gasteiger partial charge on any atom is 0.0794 e. The van der Waals surface area contributed by atoms with Gasteiger partial charge in [0.15, 0.2) is 0 Å². The number of hydrogen-bond acceptors (Lipinski definition) is 4. The molecule has 13 heavy (non-hydrogen) atoms. The van der Waals surface area contributed by atoms with Crippen molar-refractivity contribution in [3.8, 4) is 0 Å². The Labute approximate surface area is 85.1 Å². The quantitative estimate of drug-likeness (QED) is 0.827. The highest BCUT2D eigenvalue weighted by Gasteiger charge is 2.12. The van der Waals surface area contributed by atoms with Crippen molar-refractivity contribution in [3.05, 3.63) is 38.5 Å². The van der Waals surface area contributed by atoms with Gasteiger partial charge >= 0.3 is 0 Å². The van der Waals surface area contributed by atoms with E-state index in [1.807, 2.05) is 11.7 Å². The maximum atomic E-state index is 6.08. The Bertz CT molecular complexity index is 378. The van der Waals surface area contributed by atoms with Crippen LogP contribution in [0, 0.1) is 6.92 Å². The van der Waals surface area contributed by atoms with E-state index in [1.165, 1.54) is 10.4 Å². The summed E-state index contributed by atoms with van der Waals surface area (Å²) in [5, 5.41) is 2.07. The van der Waals surface area contributed by atoms with Gasteiger partial charge in [-0.2, -0.15) is 0 Å². The van der Waals surface area contributed by atoms with E-state index in [0.29, 0.717) is 0 Å². The summed E-state index contributed by atoms with van der Waals surface area (Å²) in [5.41, 5.74) is 9.12. The fourth-order valence-electron chi connectivity index (χ4n) is 1.25. The normalized spacial score (nSPS) is 13.1. The minimum atomic E-state index is -0.00116. The van der Waals surface area contributed by atoms with Crippen LogP contribution < -0.4 is 5.73 Å². The molecule has 2 heterocycles. The number of hydrogen-bond donors (Lipinski definition) is 1. The number of rotatable bonds is 2. The highest BCUT2D eigenvalue weighted by Crippen LogP contribution is 2.27. The Balaban J connectivity index is 2.33. The van der Waals surface area contributed by atoms with E-state index in [1.54, 1.807) is 22.7 Å². The van der Waals surface area contributed by atoms with Crippen LogP contribution in [0.15, 0.2) is 23.2 Å². The summed E-state index contributed by atoms with van der Waals surface area (Å²) in [6.07, 6.45) is 1.84. The van der Waals surface area contributed by atoms with Crippen molar-refractivity contribution in [1.82, 2.24) is 4.98 Å². The average molecular weight is 210 g/mol. The number of nitrogens with zero attached hydrogens (tertiary/aromatic N) is 1. The van der Waals surface area contributed by atoms with Crippen LogP contribution in [0.25, 0.3) is 0 Å². The van der Waals surface area contributed by atoms with Gasteiger partial charge in [-0.3, -0.25) is 4.98 Å². The number of thiophene rings is 1. The van der Waals surface area contributed by atoms with E-state index in [0.717, 1.165) is 4.88 Å². The van der Waals surface area contributed by atoms with E-state index in [2.05, 4.69) is 23.4 Å². The van der Waals surface area contributed by atoms with Gasteiger partial charge in [-0.05, 0) is 23.9 Å². The summed E-state index contributed by atoms with van der Waals surface area (Å²) in [5.74, 6) is 0. The predicted octanol–water partition coefficient (Wildman–Crippen LogP) is 2.56. The molecule has 1 unspecified atom stereocenters.